The van der Waals surface area contributed by atoms with Crippen molar-refractivity contribution in [2.45, 2.75) is 13.8 Å². The third kappa shape index (κ3) is 3.50. The molecule has 0 rings (SSSR count). The van der Waals surface area contributed by atoms with E-state index in [1.807, 2.05) is 0 Å². The Morgan fingerprint density at radius 1 is 1.36 bits per heavy atom. The van der Waals surface area contributed by atoms with Gasteiger partial charge >= 0.3 is 5.97 Å². The van der Waals surface area contributed by atoms with Crippen LogP contribution in [-0.4, -0.2) is 19.2 Å². The standard InChI is InChI=1S/C7H13NO3/c1-3-10-6(5-8)7(9)11-4-2/h5H,3-4,8H2,1-2H3/b6-5-. The van der Waals surface area contributed by atoms with E-state index in [2.05, 4.69) is 4.74 Å². The second-order valence-electron chi connectivity index (χ2n) is 1.68. The lowest BCUT2D eigenvalue weighted by Crippen LogP contribution is -2.12. The van der Waals surface area contributed by atoms with E-state index in [-0.39, 0.29) is 5.76 Å². The molecule has 0 spiro atoms. The number of esters is 1. The van der Waals surface area contributed by atoms with Gasteiger partial charge in [0.1, 0.15) is 0 Å². The van der Waals surface area contributed by atoms with Crippen LogP contribution in [0.25, 0.3) is 0 Å². The molecule has 0 aliphatic rings. The van der Waals surface area contributed by atoms with E-state index >= 15 is 0 Å². The Labute approximate surface area is 66.0 Å². The molecule has 0 unspecified atom stereocenters. The van der Waals surface area contributed by atoms with Crippen molar-refractivity contribution in [2.75, 3.05) is 13.2 Å². The molecule has 0 aliphatic heterocycles. The van der Waals surface area contributed by atoms with E-state index in [0.29, 0.717) is 13.2 Å². The minimum Gasteiger partial charge on any atom is -0.486 e. The van der Waals surface area contributed by atoms with Crippen LogP contribution in [0, 0.1) is 0 Å². The topological polar surface area (TPSA) is 61.5 Å². The molecular formula is C7H13NO3. The van der Waals surface area contributed by atoms with Gasteiger partial charge in [-0.3, -0.25) is 0 Å². The Morgan fingerprint density at radius 2 is 1.91 bits per heavy atom. The Morgan fingerprint density at radius 3 is 2.27 bits per heavy atom. The van der Waals surface area contributed by atoms with E-state index in [0.717, 1.165) is 6.20 Å². The van der Waals surface area contributed by atoms with E-state index in [1.54, 1.807) is 13.8 Å². The Balaban J connectivity index is 3.94. The Bertz CT molecular complexity index is 154. The van der Waals surface area contributed by atoms with E-state index in [4.69, 9.17) is 10.5 Å². The second-order valence-corrected chi connectivity index (χ2v) is 1.68. The van der Waals surface area contributed by atoms with Gasteiger partial charge in [-0.1, -0.05) is 0 Å². The second kappa shape index (κ2) is 5.58. The highest BCUT2D eigenvalue weighted by Crippen LogP contribution is 1.97. The summed E-state index contributed by atoms with van der Waals surface area (Å²) in [5.41, 5.74) is 5.10. The monoisotopic (exact) mass is 159 g/mol. The SMILES string of the molecule is CCOC(=O)/C(=C/N)OCC. The molecule has 0 fully saturated rings. The highest BCUT2D eigenvalue weighted by molar-refractivity contribution is 5.86. The summed E-state index contributed by atoms with van der Waals surface area (Å²) in [6, 6.07) is 0. The van der Waals surface area contributed by atoms with Crippen LogP contribution in [0.4, 0.5) is 0 Å². The maximum atomic E-state index is 10.9. The average Bonchev–Trinajstić information content (AvgIpc) is 2.00. The molecule has 0 heterocycles. The number of hydrogen-bond donors (Lipinski definition) is 1. The first-order valence-corrected chi connectivity index (χ1v) is 3.48. The van der Waals surface area contributed by atoms with Gasteiger partial charge in [0.05, 0.1) is 13.2 Å². The van der Waals surface area contributed by atoms with Crippen LogP contribution < -0.4 is 5.73 Å². The normalized spacial score (nSPS) is 10.9. The fourth-order valence-electron chi connectivity index (χ4n) is 0.533. The molecule has 11 heavy (non-hydrogen) atoms. The van der Waals surface area contributed by atoms with Gasteiger partial charge in [0.15, 0.2) is 0 Å². The highest BCUT2D eigenvalue weighted by Gasteiger charge is 2.09. The number of ether oxygens (including phenoxy) is 2. The van der Waals surface area contributed by atoms with Gasteiger partial charge in [-0.05, 0) is 13.8 Å². The number of carbonyl (C=O) groups excluding carboxylic acids is 1. The molecule has 4 heteroatoms. The Hall–Kier alpha value is -1.19. The molecule has 0 atom stereocenters. The fourth-order valence-corrected chi connectivity index (χ4v) is 0.533. The summed E-state index contributed by atoms with van der Waals surface area (Å²) in [4.78, 5) is 10.9. The molecular weight excluding hydrogens is 146 g/mol. The molecule has 0 aliphatic carbocycles. The summed E-state index contributed by atoms with van der Waals surface area (Å²) in [5, 5.41) is 0. The number of carbonyl (C=O) groups is 1. The molecule has 0 saturated heterocycles. The first-order chi connectivity index (χ1) is 5.26. The minimum atomic E-state index is -0.517. The van der Waals surface area contributed by atoms with Crippen LogP contribution in [0.2, 0.25) is 0 Å². The van der Waals surface area contributed by atoms with Crippen molar-refractivity contribution in [3.05, 3.63) is 12.0 Å². The number of hydrogen-bond acceptors (Lipinski definition) is 4. The van der Waals surface area contributed by atoms with Crippen molar-refractivity contribution in [1.82, 2.24) is 0 Å². The summed E-state index contributed by atoms with van der Waals surface area (Å²) in [6.07, 6.45) is 1.10. The molecule has 4 nitrogen and oxygen atoms in total. The van der Waals surface area contributed by atoms with E-state index < -0.39 is 5.97 Å². The maximum Gasteiger partial charge on any atom is 0.375 e. The van der Waals surface area contributed by atoms with Gasteiger partial charge in [0.2, 0.25) is 5.76 Å². The smallest absolute Gasteiger partial charge is 0.375 e. The minimum absolute atomic E-state index is 0.0642. The van der Waals surface area contributed by atoms with Crippen LogP contribution in [0.1, 0.15) is 13.8 Å². The summed E-state index contributed by atoms with van der Waals surface area (Å²) in [6.45, 7) is 4.21. The van der Waals surface area contributed by atoms with Crippen molar-refractivity contribution < 1.29 is 14.3 Å². The molecule has 0 saturated carbocycles. The maximum absolute atomic E-state index is 10.9. The first-order valence-electron chi connectivity index (χ1n) is 3.48. The quantitative estimate of drug-likeness (QED) is 0.366. The fraction of sp³-hybridized carbons (Fsp3) is 0.571. The van der Waals surface area contributed by atoms with Gasteiger partial charge in [0.25, 0.3) is 0 Å². The Kier molecular flexibility index (Phi) is 4.98. The summed E-state index contributed by atoms with van der Waals surface area (Å²) in [7, 11) is 0. The van der Waals surface area contributed by atoms with Crippen molar-refractivity contribution in [3.63, 3.8) is 0 Å². The predicted octanol–water partition coefficient (Wildman–Crippen LogP) is 0.386. The van der Waals surface area contributed by atoms with Crippen molar-refractivity contribution >= 4 is 5.97 Å². The number of nitrogens with two attached hydrogens (primary N) is 1. The molecule has 0 aromatic carbocycles. The van der Waals surface area contributed by atoms with Crippen molar-refractivity contribution in [1.29, 1.82) is 0 Å². The lowest BCUT2D eigenvalue weighted by molar-refractivity contribution is -0.142. The van der Waals surface area contributed by atoms with Crippen LogP contribution in [0.5, 0.6) is 0 Å². The predicted molar refractivity (Wildman–Crippen MR) is 40.5 cm³/mol. The van der Waals surface area contributed by atoms with Gasteiger partial charge in [-0.2, -0.15) is 0 Å². The van der Waals surface area contributed by atoms with Crippen molar-refractivity contribution in [2.24, 2.45) is 5.73 Å². The molecule has 64 valence electrons. The zero-order valence-electron chi connectivity index (χ0n) is 6.79. The molecule has 0 aromatic heterocycles. The summed E-state index contributed by atoms with van der Waals surface area (Å²) >= 11 is 0. The summed E-state index contributed by atoms with van der Waals surface area (Å²) < 4.78 is 9.50. The van der Waals surface area contributed by atoms with E-state index in [9.17, 15) is 4.79 Å². The average molecular weight is 159 g/mol. The highest BCUT2D eigenvalue weighted by atomic mass is 16.6. The van der Waals surface area contributed by atoms with Crippen LogP contribution in [-0.2, 0) is 14.3 Å². The van der Waals surface area contributed by atoms with Crippen LogP contribution >= 0.6 is 0 Å². The third-order valence-electron chi connectivity index (χ3n) is 0.928. The zero-order chi connectivity index (χ0) is 8.69. The van der Waals surface area contributed by atoms with Crippen LogP contribution in [0.15, 0.2) is 12.0 Å². The molecule has 2 N–H and O–H groups in total. The van der Waals surface area contributed by atoms with Gasteiger partial charge < -0.3 is 15.2 Å². The lowest BCUT2D eigenvalue weighted by Gasteiger charge is -2.05. The molecule has 0 amide bonds. The van der Waals surface area contributed by atoms with Crippen molar-refractivity contribution in [3.8, 4) is 0 Å². The molecule has 0 aromatic rings. The zero-order valence-corrected chi connectivity index (χ0v) is 6.79. The van der Waals surface area contributed by atoms with Crippen LogP contribution in [0.3, 0.4) is 0 Å². The van der Waals surface area contributed by atoms with Gasteiger partial charge in [-0.25, -0.2) is 4.79 Å². The third-order valence-corrected chi connectivity index (χ3v) is 0.928. The van der Waals surface area contributed by atoms with Gasteiger partial charge in [-0.15, -0.1) is 0 Å². The number of rotatable bonds is 4. The molecule has 0 radical (unpaired) electrons. The first kappa shape index (κ1) is 9.81. The lowest BCUT2D eigenvalue weighted by atomic mass is 10.5. The molecule has 0 bridgehead atoms. The van der Waals surface area contributed by atoms with Gasteiger partial charge in [0, 0.05) is 6.20 Å². The summed E-state index contributed by atoms with van der Waals surface area (Å²) in [5.74, 6) is -0.453. The van der Waals surface area contributed by atoms with E-state index in [1.165, 1.54) is 0 Å². The largest absolute Gasteiger partial charge is 0.486 e.